The minimum atomic E-state index is 0.382. The van der Waals surface area contributed by atoms with Gasteiger partial charge in [0.15, 0.2) is 11.5 Å². The van der Waals surface area contributed by atoms with E-state index >= 15 is 0 Å². The quantitative estimate of drug-likeness (QED) is 0.490. The van der Waals surface area contributed by atoms with Crippen molar-refractivity contribution in [3.8, 4) is 11.4 Å². The van der Waals surface area contributed by atoms with Crippen LogP contribution in [-0.2, 0) is 0 Å². The molecule has 0 amide bonds. The highest BCUT2D eigenvalue weighted by Crippen LogP contribution is 2.22. The molecule has 19 heavy (non-hydrogen) atoms. The first-order chi connectivity index (χ1) is 9.33. The Hall–Kier alpha value is -2.54. The zero-order valence-electron chi connectivity index (χ0n) is 9.47. The normalized spacial score (nSPS) is 11.4. The highest BCUT2D eigenvalue weighted by molar-refractivity contribution is 6.29. The van der Waals surface area contributed by atoms with Crippen LogP contribution in [0.1, 0.15) is 0 Å². The van der Waals surface area contributed by atoms with Crippen LogP contribution in [0.15, 0.2) is 37.2 Å². The topological polar surface area (TPSA) is 73.3 Å². The Kier molecular flexibility index (Phi) is 2.04. The lowest BCUT2D eigenvalue weighted by molar-refractivity contribution is 0.946. The first kappa shape index (κ1) is 10.4. The van der Waals surface area contributed by atoms with Gasteiger partial charge < -0.3 is 0 Å². The zero-order chi connectivity index (χ0) is 12.8. The average Bonchev–Trinajstić information content (AvgIpc) is 3.01. The van der Waals surface area contributed by atoms with E-state index in [-0.39, 0.29) is 0 Å². The molecule has 0 bridgehead atoms. The SMILES string of the molecule is Clc1cc2nnc(-c3cnn4ccncc34)n2cn1. The van der Waals surface area contributed by atoms with Gasteiger partial charge in [0.1, 0.15) is 11.5 Å². The van der Waals surface area contributed by atoms with E-state index in [1.165, 1.54) is 0 Å². The van der Waals surface area contributed by atoms with Crippen LogP contribution in [0.2, 0.25) is 5.15 Å². The molecule has 0 N–H and O–H groups in total. The second-order valence-electron chi connectivity index (χ2n) is 3.93. The maximum atomic E-state index is 5.83. The van der Waals surface area contributed by atoms with Gasteiger partial charge in [-0.3, -0.25) is 9.38 Å². The van der Waals surface area contributed by atoms with Crippen molar-refractivity contribution in [1.82, 2.24) is 34.2 Å². The first-order valence-electron chi connectivity index (χ1n) is 5.47. The average molecular weight is 272 g/mol. The largest absolute Gasteiger partial charge is 0.265 e. The molecule has 7 nitrogen and oxygen atoms in total. The van der Waals surface area contributed by atoms with Gasteiger partial charge in [-0.1, -0.05) is 11.6 Å². The summed E-state index contributed by atoms with van der Waals surface area (Å²) in [5, 5.41) is 12.9. The Morgan fingerprint density at radius 1 is 1.16 bits per heavy atom. The van der Waals surface area contributed by atoms with E-state index in [0.717, 1.165) is 11.1 Å². The van der Waals surface area contributed by atoms with Crippen LogP contribution >= 0.6 is 11.6 Å². The molecule has 0 aliphatic rings. The molecular formula is C11H6ClN7. The Labute approximate surface area is 111 Å². The molecule has 4 aromatic rings. The van der Waals surface area contributed by atoms with Crippen molar-refractivity contribution in [3.63, 3.8) is 0 Å². The molecule has 4 aromatic heterocycles. The highest BCUT2D eigenvalue weighted by Gasteiger charge is 2.13. The van der Waals surface area contributed by atoms with E-state index in [1.54, 1.807) is 46.1 Å². The van der Waals surface area contributed by atoms with Crippen LogP contribution < -0.4 is 0 Å². The number of halogens is 1. The minimum absolute atomic E-state index is 0.382. The van der Waals surface area contributed by atoms with Gasteiger partial charge in [0.05, 0.1) is 23.5 Å². The molecule has 0 spiro atoms. The summed E-state index contributed by atoms with van der Waals surface area (Å²) in [7, 11) is 0. The Morgan fingerprint density at radius 3 is 3.05 bits per heavy atom. The summed E-state index contributed by atoms with van der Waals surface area (Å²) < 4.78 is 3.49. The molecule has 0 aliphatic heterocycles. The van der Waals surface area contributed by atoms with Crippen molar-refractivity contribution in [3.05, 3.63) is 42.3 Å². The van der Waals surface area contributed by atoms with Crippen LogP contribution in [0.25, 0.3) is 22.6 Å². The van der Waals surface area contributed by atoms with E-state index in [2.05, 4.69) is 25.3 Å². The number of nitrogens with zero attached hydrogens (tertiary/aromatic N) is 7. The lowest BCUT2D eigenvalue weighted by atomic mass is 10.3. The molecule has 8 heteroatoms. The summed E-state index contributed by atoms with van der Waals surface area (Å²) >= 11 is 5.83. The maximum absolute atomic E-state index is 5.83. The molecule has 0 aliphatic carbocycles. The van der Waals surface area contributed by atoms with Crippen molar-refractivity contribution in [1.29, 1.82) is 0 Å². The molecular weight excluding hydrogens is 266 g/mol. The van der Waals surface area contributed by atoms with Crippen molar-refractivity contribution in [2.75, 3.05) is 0 Å². The van der Waals surface area contributed by atoms with Gasteiger partial charge in [0, 0.05) is 18.5 Å². The van der Waals surface area contributed by atoms with Crippen LogP contribution in [0.4, 0.5) is 0 Å². The van der Waals surface area contributed by atoms with E-state index in [4.69, 9.17) is 11.6 Å². The third-order valence-corrected chi connectivity index (χ3v) is 3.04. The van der Waals surface area contributed by atoms with Gasteiger partial charge in [0.2, 0.25) is 0 Å². The van der Waals surface area contributed by atoms with Crippen molar-refractivity contribution >= 4 is 22.8 Å². The van der Waals surface area contributed by atoms with Crippen molar-refractivity contribution in [2.45, 2.75) is 0 Å². The molecule has 0 saturated heterocycles. The summed E-state index contributed by atoms with van der Waals surface area (Å²) in [6, 6.07) is 1.65. The van der Waals surface area contributed by atoms with Gasteiger partial charge in [-0.25, -0.2) is 9.50 Å². The van der Waals surface area contributed by atoms with Crippen LogP contribution in [0, 0.1) is 0 Å². The smallest absolute Gasteiger partial charge is 0.173 e. The summed E-state index contributed by atoms with van der Waals surface area (Å²) in [5.74, 6) is 0.655. The minimum Gasteiger partial charge on any atom is -0.265 e. The summed E-state index contributed by atoms with van der Waals surface area (Å²) in [5.41, 5.74) is 2.33. The molecule has 0 fully saturated rings. The fraction of sp³-hybridized carbons (Fsp3) is 0. The Balaban J connectivity index is 2.04. The lowest BCUT2D eigenvalue weighted by Crippen LogP contribution is -1.91. The fourth-order valence-corrected chi connectivity index (χ4v) is 2.10. The predicted octanol–water partition coefficient (Wildman–Crippen LogP) is 1.49. The number of hydrogen-bond donors (Lipinski definition) is 0. The molecule has 92 valence electrons. The highest BCUT2D eigenvalue weighted by atomic mass is 35.5. The van der Waals surface area contributed by atoms with Gasteiger partial charge in [-0.05, 0) is 0 Å². The van der Waals surface area contributed by atoms with Gasteiger partial charge in [0.25, 0.3) is 0 Å². The molecule has 0 aromatic carbocycles. The molecule has 0 saturated carbocycles. The fourth-order valence-electron chi connectivity index (χ4n) is 1.96. The van der Waals surface area contributed by atoms with Crippen LogP contribution in [0.3, 0.4) is 0 Å². The molecule has 4 rings (SSSR count). The zero-order valence-corrected chi connectivity index (χ0v) is 10.2. The predicted molar refractivity (Wildman–Crippen MR) is 67.8 cm³/mol. The summed E-state index contributed by atoms with van der Waals surface area (Å²) in [4.78, 5) is 8.13. The second-order valence-corrected chi connectivity index (χ2v) is 4.32. The molecule has 4 heterocycles. The van der Waals surface area contributed by atoms with Gasteiger partial charge in [-0.2, -0.15) is 5.10 Å². The van der Waals surface area contributed by atoms with E-state index in [1.807, 2.05) is 0 Å². The van der Waals surface area contributed by atoms with E-state index < -0.39 is 0 Å². The second kappa shape index (κ2) is 3.72. The summed E-state index contributed by atoms with van der Waals surface area (Å²) in [6.07, 6.45) is 8.49. The molecule has 0 radical (unpaired) electrons. The lowest BCUT2D eigenvalue weighted by Gasteiger charge is -1.97. The number of fused-ring (bicyclic) bond motifs is 2. The summed E-state index contributed by atoms with van der Waals surface area (Å²) in [6.45, 7) is 0. The third kappa shape index (κ3) is 1.48. The molecule has 0 atom stereocenters. The van der Waals surface area contributed by atoms with Crippen molar-refractivity contribution < 1.29 is 0 Å². The van der Waals surface area contributed by atoms with Gasteiger partial charge in [-0.15, -0.1) is 10.2 Å². The van der Waals surface area contributed by atoms with Crippen LogP contribution in [0.5, 0.6) is 0 Å². The Morgan fingerprint density at radius 2 is 2.11 bits per heavy atom. The maximum Gasteiger partial charge on any atom is 0.173 e. The number of hydrogen-bond acceptors (Lipinski definition) is 5. The van der Waals surface area contributed by atoms with E-state index in [9.17, 15) is 0 Å². The number of aromatic nitrogens is 7. The monoisotopic (exact) mass is 271 g/mol. The Bertz CT molecular complexity index is 894. The standard InChI is InChI=1S/C11H6ClN7/c12-9-3-10-16-17-11(18(10)6-14-9)7-4-15-19-2-1-13-5-8(7)19/h1-6H. The first-order valence-corrected chi connectivity index (χ1v) is 5.85. The molecule has 0 unspecified atom stereocenters. The number of rotatable bonds is 1. The van der Waals surface area contributed by atoms with Crippen molar-refractivity contribution in [2.24, 2.45) is 0 Å². The van der Waals surface area contributed by atoms with Gasteiger partial charge >= 0.3 is 0 Å². The van der Waals surface area contributed by atoms with Crippen LogP contribution in [-0.4, -0.2) is 34.2 Å². The van der Waals surface area contributed by atoms with E-state index in [0.29, 0.717) is 16.6 Å². The third-order valence-electron chi connectivity index (χ3n) is 2.83.